The highest BCUT2D eigenvalue weighted by Gasteiger charge is 2.42. The van der Waals surface area contributed by atoms with Crippen molar-refractivity contribution in [2.45, 2.75) is 84.2 Å². The van der Waals surface area contributed by atoms with Crippen molar-refractivity contribution in [1.82, 2.24) is 14.5 Å². The number of nitrogens with zero attached hydrogens (tertiary/aromatic N) is 4. The molecule has 2 aliphatic rings. The molecule has 1 N–H and O–H groups in total. The average molecular weight is 595 g/mol. The molecule has 1 aromatic heterocycles. The average Bonchev–Trinajstić information content (AvgIpc) is 3.26. The van der Waals surface area contributed by atoms with Crippen LogP contribution in [0.3, 0.4) is 0 Å². The lowest BCUT2D eigenvalue weighted by Crippen LogP contribution is -2.43. The number of anilines is 1. The second-order valence-electron chi connectivity index (χ2n) is 11.7. The first-order chi connectivity index (χ1) is 19.6. The van der Waals surface area contributed by atoms with Crippen LogP contribution in [0.2, 0.25) is 0 Å². The van der Waals surface area contributed by atoms with Crippen LogP contribution in [0.4, 0.5) is 23.9 Å². The number of imidazole rings is 1. The van der Waals surface area contributed by atoms with Gasteiger partial charge in [0.2, 0.25) is 11.9 Å². The first kappa shape index (κ1) is 31.2. The Labute approximate surface area is 242 Å². The molecule has 10 nitrogen and oxygen atoms in total. The van der Waals surface area contributed by atoms with E-state index in [9.17, 15) is 32.7 Å². The summed E-state index contributed by atoms with van der Waals surface area (Å²) >= 11 is 0. The summed E-state index contributed by atoms with van der Waals surface area (Å²) in [7, 11) is 0. The van der Waals surface area contributed by atoms with Crippen molar-refractivity contribution in [3.63, 3.8) is 0 Å². The zero-order valence-electron chi connectivity index (χ0n) is 24.2. The number of hydrogen-bond donors (Lipinski definition) is 1. The Balaban J connectivity index is 1.50. The van der Waals surface area contributed by atoms with Crippen molar-refractivity contribution in [1.29, 1.82) is 0 Å². The number of aromatic nitrogens is 2. The van der Waals surface area contributed by atoms with Crippen LogP contribution in [0.1, 0.15) is 69.8 Å². The van der Waals surface area contributed by atoms with Crippen LogP contribution in [0.25, 0.3) is 0 Å². The van der Waals surface area contributed by atoms with Crippen LogP contribution in [-0.2, 0) is 33.7 Å². The number of alkyl halides is 3. The fraction of sp³-hybridized carbons (Fsp3) is 0.586. The standard InChI is InChI=1S/C29H37F3N4O6/c1-5-23-22-15-21(8-7-18(22)13-19(14-24(37)38)25(39)36(23)17-29(30,31)32)41-12-9-20-16-34-10-6-11-35(26(34)33-20)27(40)42-28(2,3)4/h7-8,15-16,19,23H,5-6,9-14,17H2,1-4H3,(H,37,38)/t19-,23?/m0/s1. The Bertz CT molecular complexity index is 1320. The molecule has 2 aromatic rings. The van der Waals surface area contributed by atoms with Gasteiger partial charge in [0.1, 0.15) is 17.9 Å². The predicted molar refractivity (Wildman–Crippen MR) is 146 cm³/mol. The van der Waals surface area contributed by atoms with Gasteiger partial charge in [0.15, 0.2) is 0 Å². The maximum atomic E-state index is 13.5. The van der Waals surface area contributed by atoms with Gasteiger partial charge in [-0.25, -0.2) is 14.7 Å². The Kier molecular flexibility index (Phi) is 9.07. The quantitative estimate of drug-likeness (QED) is 0.450. The van der Waals surface area contributed by atoms with Crippen molar-refractivity contribution in [3.05, 3.63) is 41.2 Å². The molecule has 13 heteroatoms. The number of carbonyl (C=O) groups excluding carboxylic acids is 2. The molecular weight excluding hydrogens is 557 g/mol. The van der Waals surface area contributed by atoms with Crippen LogP contribution in [0, 0.1) is 5.92 Å². The molecule has 4 rings (SSSR count). The Morgan fingerprint density at radius 3 is 2.55 bits per heavy atom. The zero-order valence-corrected chi connectivity index (χ0v) is 24.2. The highest BCUT2D eigenvalue weighted by Crippen LogP contribution is 2.38. The van der Waals surface area contributed by atoms with E-state index in [1.54, 1.807) is 45.9 Å². The molecule has 1 aromatic carbocycles. The number of hydrogen-bond acceptors (Lipinski definition) is 6. The number of fused-ring (bicyclic) bond motifs is 2. The molecule has 0 radical (unpaired) electrons. The van der Waals surface area contributed by atoms with Crippen LogP contribution in [0.5, 0.6) is 5.75 Å². The lowest BCUT2D eigenvalue weighted by atomic mass is 9.92. The lowest BCUT2D eigenvalue weighted by molar-refractivity contribution is -0.169. The third kappa shape index (κ3) is 7.54. The third-order valence-electron chi connectivity index (χ3n) is 7.18. The van der Waals surface area contributed by atoms with Gasteiger partial charge < -0.3 is 24.0 Å². The summed E-state index contributed by atoms with van der Waals surface area (Å²) in [6.07, 6.45) is -2.38. The number of amides is 2. The van der Waals surface area contributed by atoms with Gasteiger partial charge in [-0.2, -0.15) is 13.2 Å². The topological polar surface area (TPSA) is 114 Å². The van der Waals surface area contributed by atoms with Crippen molar-refractivity contribution in [3.8, 4) is 5.75 Å². The molecule has 1 unspecified atom stereocenters. The molecule has 3 heterocycles. The minimum absolute atomic E-state index is 0.0277. The van der Waals surface area contributed by atoms with Gasteiger partial charge in [-0.3, -0.25) is 9.59 Å². The predicted octanol–water partition coefficient (Wildman–Crippen LogP) is 5.14. The Hall–Kier alpha value is -3.77. The molecule has 0 aliphatic carbocycles. The molecule has 0 bridgehead atoms. The van der Waals surface area contributed by atoms with Crippen LogP contribution in [-0.4, -0.2) is 69.0 Å². The number of ether oxygens (including phenoxy) is 2. The minimum atomic E-state index is -4.64. The summed E-state index contributed by atoms with van der Waals surface area (Å²) in [6, 6.07) is 4.14. The Morgan fingerprint density at radius 2 is 1.90 bits per heavy atom. The molecule has 0 saturated heterocycles. The van der Waals surface area contributed by atoms with Crippen molar-refractivity contribution in [2.24, 2.45) is 5.92 Å². The van der Waals surface area contributed by atoms with Crippen LogP contribution < -0.4 is 9.64 Å². The van der Waals surface area contributed by atoms with E-state index in [0.717, 1.165) is 11.3 Å². The fourth-order valence-corrected chi connectivity index (χ4v) is 5.48. The smallest absolute Gasteiger partial charge is 0.417 e. The summed E-state index contributed by atoms with van der Waals surface area (Å²) in [4.78, 5) is 44.1. The number of halogens is 3. The number of benzene rings is 1. The lowest BCUT2D eigenvalue weighted by Gasteiger charge is -2.32. The van der Waals surface area contributed by atoms with E-state index in [1.165, 1.54) is 4.90 Å². The van der Waals surface area contributed by atoms with E-state index in [4.69, 9.17) is 9.47 Å². The summed E-state index contributed by atoms with van der Waals surface area (Å²) in [5.74, 6) is -2.23. The van der Waals surface area contributed by atoms with Gasteiger partial charge in [0.25, 0.3) is 0 Å². The first-order valence-corrected chi connectivity index (χ1v) is 14.1. The summed E-state index contributed by atoms with van der Waals surface area (Å²) in [5, 5.41) is 9.30. The molecule has 2 amide bonds. The van der Waals surface area contributed by atoms with E-state index >= 15 is 0 Å². The maximum absolute atomic E-state index is 13.5. The molecule has 42 heavy (non-hydrogen) atoms. The van der Waals surface area contributed by atoms with Gasteiger partial charge in [0.05, 0.1) is 30.7 Å². The monoisotopic (exact) mass is 594 g/mol. The fourth-order valence-electron chi connectivity index (χ4n) is 5.48. The van der Waals surface area contributed by atoms with E-state index in [-0.39, 0.29) is 19.4 Å². The van der Waals surface area contributed by atoms with Gasteiger partial charge in [-0.05, 0) is 63.3 Å². The van der Waals surface area contributed by atoms with E-state index < -0.39 is 54.7 Å². The SMILES string of the molecule is CCC1c2cc(OCCc3cn4c(n3)N(C(=O)OC(C)(C)C)CCC4)ccc2C[C@@H](CC(=O)O)C(=O)N1CC(F)(F)F. The number of aliphatic carboxylic acids is 1. The molecule has 0 saturated carbocycles. The van der Waals surface area contributed by atoms with Gasteiger partial charge in [0, 0.05) is 25.7 Å². The van der Waals surface area contributed by atoms with Crippen LogP contribution >= 0.6 is 0 Å². The molecule has 0 fully saturated rings. The summed E-state index contributed by atoms with van der Waals surface area (Å²) in [5.41, 5.74) is 1.22. The second kappa shape index (κ2) is 12.2. The molecule has 230 valence electrons. The summed E-state index contributed by atoms with van der Waals surface area (Å²) in [6.45, 7) is 7.05. The normalized spacial score (nSPS) is 19.2. The summed E-state index contributed by atoms with van der Waals surface area (Å²) < 4.78 is 53.8. The van der Waals surface area contributed by atoms with Crippen molar-refractivity contribution >= 4 is 23.9 Å². The number of carboxylic acids is 1. The zero-order chi connectivity index (χ0) is 30.8. The Morgan fingerprint density at radius 1 is 1.17 bits per heavy atom. The first-order valence-electron chi connectivity index (χ1n) is 14.1. The van der Waals surface area contributed by atoms with Crippen LogP contribution in [0.15, 0.2) is 24.4 Å². The van der Waals surface area contributed by atoms with Gasteiger partial charge in [-0.15, -0.1) is 0 Å². The highest BCUT2D eigenvalue weighted by molar-refractivity contribution is 5.86. The van der Waals surface area contributed by atoms with Crippen molar-refractivity contribution < 1.29 is 42.1 Å². The molecule has 2 atom stereocenters. The molecule has 2 aliphatic heterocycles. The minimum Gasteiger partial charge on any atom is -0.493 e. The van der Waals surface area contributed by atoms with E-state index in [2.05, 4.69) is 4.98 Å². The maximum Gasteiger partial charge on any atom is 0.417 e. The van der Waals surface area contributed by atoms with E-state index in [0.29, 0.717) is 48.0 Å². The van der Waals surface area contributed by atoms with E-state index in [1.807, 2.05) is 10.8 Å². The van der Waals surface area contributed by atoms with Gasteiger partial charge in [-0.1, -0.05) is 13.0 Å². The molecular formula is C29H37F3N4O6. The number of rotatable bonds is 8. The number of carbonyl (C=O) groups is 3. The van der Waals surface area contributed by atoms with Crippen molar-refractivity contribution in [2.75, 3.05) is 24.6 Å². The molecule has 0 spiro atoms. The largest absolute Gasteiger partial charge is 0.493 e. The highest BCUT2D eigenvalue weighted by atomic mass is 19.4. The van der Waals surface area contributed by atoms with Gasteiger partial charge >= 0.3 is 18.2 Å². The number of aryl methyl sites for hydroxylation is 1. The third-order valence-corrected chi connectivity index (χ3v) is 7.18. The number of carboxylic acid groups (broad SMARTS) is 1. The second-order valence-corrected chi connectivity index (χ2v) is 11.7.